The molecule has 0 radical (unpaired) electrons. The normalized spacial score (nSPS) is 13.3. The lowest BCUT2D eigenvalue weighted by Crippen LogP contribution is -2.56. The van der Waals surface area contributed by atoms with Crippen molar-refractivity contribution in [3.8, 4) is 0 Å². The highest BCUT2D eigenvalue weighted by Gasteiger charge is 2.31. The van der Waals surface area contributed by atoms with Crippen LogP contribution in [0.3, 0.4) is 0 Å². The number of primary amides is 1. The highest BCUT2D eigenvalue weighted by atomic mass is 35.5. The number of H-pyrrole nitrogens is 1. The number of imidazole rings is 1. The molecule has 0 aliphatic rings. The van der Waals surface area contributed by atoms with Gasteiger partial charge in [-0.3, -0.25) is 24.6 Å². The molecule has 174 valence electrons. The van der Waals surface area contributed by atoms with Crippen molar-refractivity contribution in [2.75, 3.05) is 6.54 Å². The Balaban J connectivity index is 2.21. The minimum absolute atomic E-state index is 0.00384. The Morgan fingerprint density at radius 3 is 2.47 bits per heavy atom. The highest BCUT2D eigenvalue weighted by molar-refractivity contribution is 6.29. The van der Waals surface area contributed by atoms with Crippen molar-refractivity contribution in [2.45, 2.75) is 45.3 Å². The summed E-state index contributed by atoms with van der Waals surface area (Å²) < 4.78 is 13.3. The van der Waals surface area contributed by atoms with Gasteiger partial charge in [0.05, 0.1) is 17.6 Å². The van der Waals surface area contributed by atoms with Crippen LogP contribution < -0.4 is 16.5 Å². The molecule has 2 atom stereocenters. The minimum atomic E-state index is -2.44. The van der Waals surface area contributed by atoms with Crippen LogP contribution in [-0.4, -0.2) is 56.8 Å². The number of benzene rings is 1. The van der Waals surface area contributed by atoms with Gasteiger partial charge in [0.2, 0.25) is 5.91 Å². The van der Waals surface area contributed by atoms with Gasteiger partial charge in [0, 0.05) is 6.42 Å². The van der Waals surface area contributed by atoms with Gasteiger partial charge in [-0.25, -0.2) is 14.4 Å². The first-order valence-corrected chi connectivity index (χ1v) is 10.2. The van der Waals surface area contributed by atoms with E-state index < -0.39 is 40.7 Å². The van der Waals surface area contributed by atoms with Gasteiger partial charge in [-0.05, 0) is 24.0 Å². The number of carbonyl (C=O) groups is 4. The number of amides is 4. The van der Waals surface area contributed by atoms with E-state index in [1.54, 1.807) is 24.3 Å². The van der Waals surface area contributed by atoms with Gasteiger partial charge in [0.1, 0.15) is 6.04 Å². The minimum Gasteiger partial charge on any atom is -0.370 e. The predicted molar refractivity (Wildman–Crippen MR) is 116 cm³/mol. The fraction of sp³-hybridized carbons (Fsp3) is 0.450. The summed E-state index contributed by atoms with van der Waals surface area (Å²) in [6.07, 6.45) is -0.145. The number of aromatic nitrogens is 2. The van der Waals surface area contributed by atoms with Crippen LogP contribution in [0.2, 0.25) is 0 Å². The van der Waals surface area contributed by atoms with Crippen LogP contribution in [-0.2, 0) is 14.4 Å². The van der Waals surface area contributed by atoms with Crippen LogP contribution >= 0.6 is 11.6 Å². The van der Waals surface area contributed by atoms with E-state index in [2.05, 4.69) is 20.7 Å². The standard InChI is InChI=1S/C20H26ClFN6O4/c1-20(2,3)10-13(17(30)27-28(9-8-14(23)29)19(32)15(21)22)26-18(31)16-24-11-6-4-5-7-12(11)25-16/h4-7,13,15H,8-10H2,1-3H3,(H2,23,29)(H,24,25)(H,26,31)(H,27,30)/t13-,15+/m0/s1. The quantitative estimate of drug-likeness (QED) is 0.341. The summed E-state index contributed by atoms with van der Waals surface area (Å²) in [4.78, 5) is 55.8. The van der Waals surface area contributed by atoms with E-state index in [-0.39, 0.29) is 25.2 Å². The predicted octanol–water partition coefficient (Wildman–Crippen LogP) is 1.37. The van der Waals surface area contributed by atoms with Crippen LogP contribution in [0.1, 0.15) is 44.2 Å². The summed E-state index contributed by atoms with van der Waals surface area (Å²) >= 11 is 5.20. The van der Waals surface area contributed by atoms with Crippen LogP contribution in [0.5, 0.6) is 0 Å². The first-order valence-electron chi connectivity index (χ1n) is 9.81. The number of fused-ring (bicyclic) bond motifs is 1. The second kappa shape index (κ2) is 10.4. The Bertz CT molecular complexity index is 970. The number of hydrazine groups is 1. The Kier molecular flexibility index (Phi) is 8.14. The molecule has 0 unspecified atom stereocenters. The number of carbonyl (C=O) groups excluding carboxylic acids is 4. The van der Waals surface area contributed by atoms with Crippen molar-refractivity contribution in [2.24, 2.45) is 11.1 Å². The smallest absolute Gasteiger partial charge is 0.291 e. The molecule has 0 aliphatic carbocycles. The van der Waals surface area contributed by atoms with Crippen LogP contribution in [0.25, 0.3) is 11.0 Å². The summed E-state index contributed by atoms with van der Waals surface area (Å²) in [5.74, 6) is -3.45. The van der Waals surface area contributed by atoms with Gasteiger partial charge < -0.3 is 16.0 Å². The fourth-order valence-corrected chi connectivity index (χ4v) is 3.00. The molecule has 5 N–H and O–H groups in total. The zero-order valence-electron chi connectivity index (χ0n) is 17.9. The number of nitrogens with two attached hydrogens (primary N) is 1. The lowest BCUT2D eigenvalue weighted by Gasteiger charge is -2.29. The summed E-state index contributed by atoms with van der Waals surface area (Å²) in [6, 6.07) is 5.93. The SMILES string of the molecule is CC(C)(C)C[C@H](NC(=O)c1nc2ccccc2[nH]1)C(=O)NN(CCC(N)=O)C(=O)[C@@H](F)Cl. The van der Waals surface area contributed by atoms with Crippen molar-refractivity contribution < 1.29 is 23.6 Å². The zero-order chi connectivity index (χ0) is 24.1. The molecule has 10 nitrogen and oxygen atoms in total. The number of para-hydroxylation sites is 2. The molecule has 0 aliphatic heterocycles. The molecule has 12 heteroatoms. The van der Waals surface area contributed by atoms with E-state index in [0.717, 1.165) is 0 Å². The van der Waals surface area contributed by atoms with Gasteiger partial charge in [-0.15, -0.1) is 0 Å². The molecular weight excluding hydrogens is 443 g/mol. The number of aromatic amines is 1. The Labute approximate surface area is 189 Å². The summed E-state index contributed by atoms with van der Waals surface area (Å²) in [7, 11) is 0. The topological polar surface area (TPSA) is 150 Å². The maximum absolute atomic E-state index is 13.3. The van der Waals surface area contributed by atoms with Crippen LogP contribution in [0.4, 0.5) is 4.39 Å². The van der Waals surface area contributed by atoms with Gasteiger partial charge >= 0.3 is 0 Å². The van der Waals surface area contributed by atoms with Gasteiger partial charge in [-0.1, -0.05) is 44.5 Å². The molecular formula is C20H26ClFN6O4. The van der Waals surface area contributed by atoms with E-state index in [1.807, 2.05) is 20.8 Å². The molecule has 0 bridgehead atoms. The Hall–Kier alpha value is -3.21. The van der Waals surface area contributed by atoms with Crippen molar-refractivity contribution in [3.05, 3.63) is 30.1 Å². The molecule has 1 heterocycles. The third-order valence-corrected chi connectivity index (χ3v) is 4.51. The summed E-state index contributed by atoms with van der Waals surface area (Å²) in [5, 5.41) is 3.17. The molecule has 0 spiro atoms. The number of halogens is 2. The Morgan fingerprint density at radius 2 is 1.91 bits per heavy atom. The third-order valence-electron chi connectivity index (χ3n) is 4.32. The Morgan fingerprint density at radius 1 is 1.25 bits per heavy atom. The second-order valence-corrected chi connectivity index (χ2v) is 8.76. The molecule has 4 amide bonds. The average Bonchev–Trinajstić information content (AvgIpc) is 3.13. The first-order chi connectivity index (χ1) is 14.9. The molecule has 2 rings (SSSR count). The average molecular weight is 469 g/mol. The number of rotatable bonds is 8. The molecule has 1 aromatic heterocycles. The van der Waals surface area contributed by atoms with E-state index in [0.29, 0.717) is 16.0 Å². The maximum atomic E-state index is 13.3. The third kappa shape index (κ3) is 7.19. The first kappa shape index (κ1) is 25.1. The zero-order valence-corrected chi connectivity index (χ0v) is 18.7. The molecule has 1 aromatic carbocycles. The second-order valence-electron chi connectivity index (χ2n) is 8.38. The van der Waals surface area contributed by atoms with Crippen molar-refractivity contribution >= 4 is 46.3 Å². The van der Waals surface area contributed by atoms with Crippen molar-refractivity contribution in [3.63, 3.8) is 0 Å². The van der Waals surface area contributed by atoms with Crippen molar-refractivity contribution in [1.82, 2.24) is 25.7 Å². The van der Waals surface area contributed by atoms with E-state index >= 15 is 0 Å². The molecule has 0 saturated heterocycles. The molecule has 0 saturated carbocycles. The molecule has 32 heavy (non-hydrogen) atoms. The van der Waals surface area contributed by atoms with Gasteiger partial charge in [-0.2, -0.15) is 0 Å². The molecule has 0 fully saturated rings. The lowest BCUT2D eigenvalue weighted by molar-refractivity contribution is -0.144. The van der Waals surface area contributed by atoms with Crippen LogP contribution in [0.15, 0.2) is 24.3 Å². The highest BCUT2D eigenvalue weighted by Crippen LogP contribution is 2.21. The number of nitrogens with zero attached hydrogens (tertiary/aromatic N) is 2. The fourth-order valence-electron chi connectivity index (χ4n) is 2.88. The number of hydrogen-bond acceptors (Lipinski definition) is 5. The van der Waals surface area contributed by atoms with E-state index in [4.69, 9.17) is 17.3 Å². The molecule has 2 aromatic rings. The van der Waals surface area contributed by atoms with Crippen molar-refractivity contribution in [1.29, 1.82) is 0 Å². The summed E-state index contributed by atoms with van der Waals surface area (Å²) in [6.45, 7) is 5.18. The van der Waals surface area contributed by atoms with Gasteiger partial charge in [0.15, 0.2) is 5.82 Å². The largest absolute Gasteiger partial charge is 0.370 e. The van der Waals surface area contributed by atoms with E-state index in [1.165, 1.54) is 0 Å². The van der Waals surface area contributed by atoms with Crippen LogP contribution in [0, 0.1) is 5.41 Å². The van der Waals surface area contributed by atoms with E-state index in [9.17, 15) is 23.6 Å². The lowest BCUT2D eigenvalue weighted by atomic mass is 9.88. The van der Waals surface area contributed by atoms with Gasteiger partial charge in [0.25, 0.3) is 23.4 Å². The monoisotopic (exact) mass is 468 g/mol. The number of alkyl halides is 2. The summed E-state index contributed by atoms with van der Waals surface area (Å²) in [5.41, 5.74) is 5.68. The maximum Gasteiger partial charge on any atom is 0.291 e. The number of nitrogens with one attached hydrogen (secondary N) is 3. The number of hydrogen-bond donors (Lipinski definition) is 4.